The molecule has 0 saturated carbocycles. The Labute approximate surface area is 252 Å². The molecule has 0 bridgehead atoms. The lowest BCUT2D eigenvalue weighted by Gasteiger charge is -2.42. The first-order chi connectivity index (χ1) is 20.5. The predicted octanol–water partition coefficient (Wildman–Crippen LogP) is 7.11. The van der Waals surface area contributed by atoms with Crippen LogP contribution in [0.3, 0.4) is 0 Å². The Kier molecular flexibility index (Phi) is 8.13. The Bertz CT molecular complexity index is 1670. The lowest BCUT2D eigenvalue weighted by molar-refractivity contribution is -0.153. The maximum atomic E-state index is 14.8. The first-order valence-corrected chi connectivity index (χ1v) is 14.4. The molecule has 4 aromatic rings. The number of aryl methyl sites for hydroxylation is 1. The zero-order valence-electron chi connectivity index (χ0n) is 25.1. The van der Waals surface area contributed by atoms with Crippen LogP contribution < -0.4 is 4.90 Å². The van der Waals surface area contributed by atoms with Crippen molar-refractivity contribution in [2.45, 2.75) is 51.4 Å². The van der Waals surface area contributed by atoms with Crippen LogP contribution >= 0.6 is 0 Å². The van der Waals surface area contributed by atoms with Crippen molar-refractivity contribution in [1.29, 1.82) is 0 Å². The van der Waals surface area contributed by atoms with Crippen LogP contribution in [0.15, 0.2) is 97.7 Å². The minimum atomic E-state index is -1.72. The molecule has 0 aliphatic carbocycles. The summed E-state index contributed by atoms with van der Waals surface area (Å²) in [6.45, 7) is 9.71. The van der Waals surface area contributed by atoms with Gasteiger partial charge in [-0.3, -0.25) is 4.79 Å². The van der Waals surface area contributed by atoms with E-state index in [4.69, 9.17) is 9.47 Å². The highest BCUT2D eigenvalue weighted by atomic mass is 16.6. The van der Waals surface area contributed by atoms with Gasteiger partial charge in [-0.05, 0) is 50.5 Å². The van der Waals surface area contributed by atoms with Crippen molar-refractivity contribution in [3.63, 3.8) is 0 Å². The molecule has 1 aromatic heterocycles. The average molecular weight is 580 g/mol. The summed E-state index contributed by atoms with van der Waals surface area (Å²) in [6.07, 6.45) is 2.42. The summed E-state index contributed by atoms with van der Waals surface area (Å²) in [5.41, 5.74) is 1.24. The molecular formula is C35H37N3O5. The lowest BCUT2D eigenvalue weighted by Crippen LogP contribution is -2.56. The quantitative estimate of drug-likeness (QED) is 0.208. The first-order valence-electron chi connectivity index (χ1n) is 14.4. The number of anilines is 1. The Balaban J connectivity index is 1.56. The van der Waals surface area contributed by atoms with Gasteiger partial charge in [-0.15, -0.1) is 6.58 Å². The number of para-hydroxylation sites is 2. The standard InChI is InChI=1S/C35H37N3O5/c1-6-21-35(28-17-11-13-19-30(28)38(33(41)43-35)32(40)42-34(2,3)4)31(39)37(23-25-14-8-7-9-15-25)22-20-26-24-36(5)29-18-12-10-16-27(26)29/h6-19,24H,1,20-23H2,2-5H3. The van der Waals surface area contributed by atoms with Crippen LogP contribution in [0.2, 0.25) is 0 Å². The smallest absolute Gasteiger partial charge is 0.425 e. The van der Waals surface area contributed by atoms with E-state index in [1.54, 1.807) is 56.0 Å². The predicted molar refractivity (Wildman–Crippen MR) is 167 cm³/mol. The number of cyclic esters (lactones) is 1. The molecule has 0 fully saturated rings. The molecule has 2 heterocycles. The molecule has 8 heteroatoms. The van der Waals surface area contributed by atoms with E-state index in [1.807, 2.05) is 49.5 Å². The molecular weight excluding hydrogens is 542 g/mol. The minimum absolute atomic E-state index is 0.0241. The number of rotatable bonds is 8. The van der Waals surface area contributed by atoms with Crippen molar-refractivity contribution in [2.75, 3.05) is 11.4 Å². The second kappa shape index (κ2) is 11.8. The minimum Gasteiger partial charge on any atom is -0.443 e. The normalized spacial score (nSPS) is 16.4. The number of hydrogen-bond donors (Lipinski definition) is 0. The zero-order chi connectivity index (χ0) is 30.8. The van der Waals surface area contributed by atoms with E-state index in [0.29, 0.717) is 25.1 Å². The molecule has 3 amide bonds. The van der Waals surface area contributed by atoms with E-state index in [0.717, 1.165) is 26.9 Å². The van der Waals surface area contributed by atoms with Crippen molar-refractivity contribution in [3.05, 3.63) is 114 Å². The average Bonchev–Trinajstić information content (AvgIpc) is 3.29. The molecule has 1 atom stereocenters. The fourth-order valence-electron chi connectivity index (χ4n) is 5.63. The highest BCUT2D eigenvalue weighted by molar-refractivity contribution is 6.13. The highest BCUT2D eigenvalue weighted by Crippen LogP contribution is 2.44. The van der Waals surface area contributed by atoms with Crippen molar-refractivity contribution in [2.24, 2.45) is 7.05 Å². The van der Waals surface area contributed by atoms with Crippen molar-refractivity contribution in [3.8, 4) is 0 Å². The number of benzene rings is 3. The van der Waals surface area contributed by atoms with Crippen LogP contribution in [0.25, 0.3) is 10.9 Å². The van der Waals surface area contributed by atoms with Gasteiger partial charge in [0.25, 0.3) is 5.91 Å². The molecule has 0 radical (unpaired) electrons. The van der Waals surface area contributed by atoms with Crippen LogP contribution in [0.1, 0.15) is 43.9 Å². The molecule has 43 heavy (non-hydrogen) atoms. The van der Waals surface area contributed by atoms with Gasteiger partial charge in [-0.25, -0.2) is 9.59 Å². The summed E-state index contributed by atoms with van der Waals surface area (Å²) in [6, 6.07) is 24.7. The number of carbonyl (C=O) groups is 3. The van der Waals surface area contributed by atoms with E-state index in [2.05, 4.69) is 29.5 Å². The van der Waals surface area contributed by atoms with Crippen LogP contribution in [0.4, 0.5) is 15.3 Å². The molecule has 1 unspecified atom stereocenters. The van der Waals surface area contributed by atoms with E-state index >= 15 is 0 Å². The van der Waals surface area contributed by atoms with Gasteiger partial charge in [-0.2, -0.15) is 4.90 Å². The Morgan fingerprint density at radius 3 is 2.40 bits per heavy atom. The number of amides is 3. The summed E-state index contributed by atoms with van der Waals surface area (Å²) in [5, 5.41) is 1.13. The number of fused-ring (bicyclic) bond motifs is 2. The molecule has 0 saturated heterocycles. The Morgan fingerprint density at radius 1 is 1.00 bits per heavy atom. The second-order valence-corrected chi connectivity index (χ2v) is 11.8. The van der Waals surface area contributed by atoms with Gasteiger partial charge in [0.1, 0.15) is 5.60 Å². The number of aromatic nitrogens is 1. The molecule has 1 aliphatic rings. The summed E-state index contributed by atoms with van der Waals surface area (Å²) in [7, 11) is 2.01. The van der Waals surface area contributed by atoms with Crippen molar-refractivity contribution < 1.29 is 23.9 Å². The number of ether oxygens (including phenoxy) is 2. The number of carbonyl (C=O) groups excluding carboxylic acids is 3. The number of hydrogen-bond acceptors (Lipinski definition) is 5. The molecule has 3 aromatic carbocycles. The molecule has 222 valence electrons. The monoisotopic (exact) mass is 579 g/mol. The van der Waals surface area contributed by atoms with Crippen LogP contribution in [-0.2, 0) is 39.9 Å². The second-order valence-electron chi connectivity index (χ2n) is 11.8. The third kappa shape index (κ3) is 5.91. The maximum Gasteiger partial charge on any atom is 0.425 e. The molecule has 0 N–H and O–H groups in total. The van der Waals surface area contributed by atoms with Gasteiger partial charge in [-0.1, -0.05) is 72.8 Å². The third-order valence-corrected chi connectivity index (χ3v) is 7.51. The lowest BCUT2D eigenvalue weighted by atomic mass is 9.85. The van der Waals surface area contributed by atoms with Crippen LogP contribution in [0, 0.1) is 0 Å². The van der Waals surface area contributed by atoms with Crippen LogP contribution in [0.5, 0.6) is 0 Å². The van der Waals surface area contributed by atoms with Gasteiger partial charge >= 0.3 is 12.2 Å². The van der Waals surface area contributed by atoms with Gasteiger partial charge in [0.15, 0.2) is 0 Å². The molecule has 5 rings (SSSR count). The van der Waals surface area contributed by atoms with E-state index in [1.165, 1.54) is 0 Å². The summed E-state index contributed by atoms with van der Waals surface area (Å²) >= 11 is 0. The zero-order valence-corrected chi connectivity index (χ0v) is 25.1. The Hall–Kier alpha value is -4.85. The van der Waals surface area contributed by atoms with Gasteiger partial charge in [0.05, 0.1) is 5.69 Å². The molecule has 8 nitrogen and oxygen atoms in total. The summed E-state index contributed by atoms with van der Waals surface area (Å²) in [4.78, 5) is 44.1. The SMILES string of the molecule is C=CCC1(C(=O)N(CCc2cn(C)c3ccccc23)Cc2ccccc2)OC(=O)N(C(=O)OC(C)(C)C)c2ccccc21. The number of imide groups is 1. The molecule has 0 spiro atoms. The largest absolute Gasteiger partial charge is 0.443 e. The highest BCUT2D eigenvalue weighted by Gasteiger charge is 2.53. The van der Waals surface area contributed by atoms with Gasteiger partial charge in [0.2, 0.25) is 5.60 Å². The fourth-order valence-corrected chi connectivity index (χ4v) is 5.63. The third-order valence-electron chi connectivity index (χ3n) is 7.51. The molecule has 1 aliphatic heterocycles. The van der Waals surface area contributed by atoms with Gasteiger partial charge in [0, 0.05) is 49.2 Å². The van der Waals surface area contributed by atoms with Gasteiger partial charge < -0.3 is 18.9 Å². The van der Waals surface area contributed by atoms with E-state index in [9.17, 15) is 14.4 Å². The first kappa shape index (κ1) is 29.6. The van der Waals surface area contributed by atoms with E-state index < -0.39 is 23.4 Å². The number of nitrogens with zero attached hydrogens (tertiary/aromatic N) is 3. The summed E-state index contributed by atoms with van der Waals surface area (Å²) < 4.78 is 13.6. The van der Waals surface area contributed by atoms with Crippen LogP contribution in [-0.4, -0.2) is 39.7 Å². The summed E-state index contributed by atoms with van der Waals surface area (Å²) in [5.74, 6) is -0.388. The Morgan fingerprint density at radius 2 is 1.67 bits per heavy atom. The van der Waals surface area contributed by atoms with E-state index in [-0.39, 0.29) is 18.0 Å². The topological polar surface area (TPSA) is 81.1 Å². The van der Waals surface area contributed by atoms with Crippen molar-refractivity contribution in [1.82, 2.24) is 9.47 Å². The fraction of sp³-hybridized carbons (Fsp3) is 0.286. The maximum absolute atomic E-state index is 14.8. The van der Waals surface area contributed by atoms with Crippen molar-refractivity contribution >= 4 is 34.7 Å².